The molecule has 0 spiro atoms. The first kappa shape index (κ1) is 7.70. The predicted molar refractivity (Wildman–Crippen MR) is 48.0 cm³/mol. The molecular weight excluding hydrogens is 235 g/mol. The van der Waals surface area contributed by atoms with Crippen LogP contribution < -0.4 is 0 Å². The maximum atomic E-state index is 6.04. The van der Waals surface area contributed by atoms with E-state index in [2.05, 4.69) is 15.9 Å². The molecule has 0 aromatic rings. The first-order valence-corrected chi connectivity index (χ1v) is 5.33. The van der Waals surface area contributed by atoms with Gasteiger partial charge < -0.3 is 0 Å². The van der Waals surface area contributed by atoms with Gasteiger partial charge in [-0.25, -0.2) is 0 Å². The summed E-state index contributed by atoms with van der Waals surface area (Å²) in [5.41, 5.74) is 0. The highest BCUT2D eigenvalue weighted by atomic mass is 79.9. The molecular formula is C7H9BrCl2. The third kappa shape index (κ3) is 0.937. The van der Waals surface area contributed by atoms with Gasteiger partial charge >= 0.3 is 0 Å². The Morgan fingerprint density at radius 1 is 1.30 bits per heavy atom. The summed E-state index contributed by atoms with van der Waals surface area (Å²) in [6.07, 6.45) is 3.74. The molecule has 3 atom stereocenters. The molecule has 0 amide bonds. The van der Waals surface area contributed by atoms with Crippen molar-refractivity contribution in [3.05, 3.63) is 0 Å². The quantitative estimate of drug-likeness (QED) is 0.573. The Labute approximate surface area is 79.4 Å². The standard InChI is InChI=1S/C7H9BrCl2/c8-5-3-1-2-4-6(5)7(4,9)10/h4-6H,1-3H2. The lowest BCUT2D eigenvalue weighted by atomic mass is 10.0. The molecule has 0 N–H and O–H groups in total. The van der Waals surface area contributed by atoms with E-state index in [1.54, 1.807) is 0 Å². The van der Waals surface area contributed by atoms with E-state index in [9.17, 15) is 0 Å². The van der Waals surface area contributed by atoms with Crippen molar-refractivity contribution in [1.29, 1.82) is 0 Å². The van der Waals surface area contributed by atoms with Gasteiger partial charge in [-0.3, -0.25) is 0 Å². The van der Waals surface area contributed by atoms with E-state index in [-0.39, 0.29) is 4.33 Å². The number of hydrogen-bond donors (Lipinski definition) is 0. The van der Waals surface area contributed by atoms with Gasteiger partial charge in [-0.1, -0.05) is 22.4 Å². The number of hydrogen-bond acceptors (Lipinski definition) is 0. The molecule has 58 valence electrons. The Bertz CT molecular complexity index is 158. The fourth-order valence-electron chi connectivity index (χ4n) is 1.99. The second kappa shape index (κ2) is 2.27. The SMILES string of the molecule is ClC1(Cl)C2CCCC(Br)C21. The summed E-state index contributed by atoms with van der Waals surface area (Å²) in [4.78, 5) is 0.571. The molecule has 0 nitrogen and oxygen atoms in total. The normalized spacial score (nSPS) is 50.1. The Morgan fingerprint density at radius 2 is 2.00 bits per heavy atom. The summed E-state index contributed by atoms with van der Waals surface area (Å²) in [6, 6.07) is 0. The molecule has 0 saturated heterocycles. The minimum absolute atomic E-state index is 0.384. The van der Waals surface area contributed by atoms with Gasteiger partial charge in [-0.05, 0) is 18.8 Å². The van der Waals surface area contributed by atoms with Crippen molar-refractivity contribution in [3.63, 3.8) is 0 Å². The number of alkyl halides is 3. The fraction of sp³-hybridized carbons (Fsp3) is 1.00. The second-order valence-electron chi connectivity index (χ2n) is 3.25. The Morgan fingerprint density at radius 3 is 2.50 bits per heavy atom. The van der Waals surface area contributed by atoms with Crippen LogP contribution in [0, 0.1) is 11.8 Å². The molecule has 3 heteroatoms. The summed E-state index contributed by atoms with van der Waals surface area (Å²) in [5.74, 6) is 1.11. The monoisotopic (exact) mass is 242 g/mol. The van der Waals surface area contributed by atoms with Gasteiger partial charge in [-0.2, -0.15) is 0 Å². The lowest BCUT2D eigenvalue weighted by Gasteiger charge is -2.12. The van der Waals surface area contributed by atoms with Gasteiger partial charge in [-0.15, -0.1) is 23.2 Å². The minimum Gasteiger partial charge on any atom is -0.101 e. The van der Waals surface area contributed by atoms with E-state index >= 15 is 0 Å². The molecule has 0 bridgehead atoms. The number of halogens is 3. The maximum absolute atomic E-state index is 6.04. The average Bonchev–Trinajstić information content (AvgIpc) is 2.38. The van der Waals surface area contributed by atoms with Gasteiger partial charge in [0, 0.05) is 10.7 Å². The molecule has 0 heterocycles. The number of rotatable bonds is 0. The molecule has 2 aliphatic rings. The Hall–Kier alpha value is 1.06. The molecule has 2 aliphatic carbocycles. The van der Waals surface area contributed by atoms with E-state index in [1.807, 2.05) is 0 Å². The summed E-state index contributed by atoms with van der Waals surface area (Å²) in [6.45, 7) is 0. The van der Waals surface area contributed by atoms with E-state index in [0.29, 0.717) is 16.7 Å². The van der Waals surface area contributed by atoms with Gasteiger partial charge in [0.15, 0.2) is 0 Å². The summed E-state index contributed by atoms with van der Waals surface area (Å²) in [5, 5.41) is 0. The number of fused-ring (bicyclic) bond motifs is 1. The highest BCUT2D eigenvalue weighted by Crippen LogP contribution is 2.66. The zero-order valence-corrected chi connectivity index (χ0v) is 8.59. The van der Waals surface area contributed by atoms with Crippen LogP contribution in [0.4, 0.5) is 0 Å². The molecule has 0 radical (unpaired) electrons. The first-order valence-electron chi connectivity index (χ1n) is 3.66. The Balaban J connectivity index is 2.11. The molecule has 3 unspecified atom stereocenters. The zero-order chi connectivity index (χ0) is 7.35. The van der Waals surface area contributed by atoms with Gasteiger partial charge in [0.25, 0.3) is 0 Å². The molecule has 10 heavy (non-hydrogen) atoms. The summed E-state index contributed by atoms with van der Waals surface area (Å²) in [7, 11) is 0. The average molecular weight is 244 g/mol. The third-order valence-electron chi connectivity index (χ3n) is 2.65. The largest absolute Gasteiger partial charge is 0.125 e. The van der Waals surface area contributed by atoms with Crippen molar-refractivity contribution in [1.82, 2.24) is 0 Å². The van der Waals surface area contributed by atoms with Gasteiger partial charge in [0.1, 0.15) is 4.33 Å². The van der Waals surface area contributed by atoms with Crippen molar-refractivity contribution in [2.24, 2.45) is 11.8 Å². The lowest BCUT2D eigenvalue weighted by molar-refractivity contribution is 0.497. The smallest absolute Gasteiger partial charge is 0.101 e. The van der Waals surface area contributed by atoms with Crippen LogP contribution in [0.1, 0.15) is 19.3 Å². The predicted octanol–water partition coefficient (Wildman–Crippen LogP) is 3.35. The maximum Gasteiger partial charge on any atom is 0.125 e. The van der Waals surface area contributed by atoms with Crippen LogP contribution in [0.5, 0.6) is 0 Å². The first-order chi connectivity index (χ1) is 4.64. The van der Waals surface area contributed by atoms with Crippen LogP contribution in [0.3, 0.4) is 0 Å². The highest BCUT2D eigenvalue weighted by molar-refractivity contribution is 9.09. The van der Waals surface area contributed by atoms with Crippen molar-refractivity contribution in [2.75, 3.05) is 0 Å². The third-order valence-corrected chi connectivity index (χ3v) is 4.74. The topological polar surface area (TPSA) is 0 Å². The zero-order valence-electron chi connectivity index (χ0n) is 5.49. The van der Waals surface area contributed by atoms with Gasteiger partial charge in [0.2, 0.25) is 0 Å². The van der Waals surface area contributed by atoms with Crippen molar-refractivity contribution in [3.8, 4) is 0 Å². The van der Waals surface area contributed by atoms with Crippen LogP contribution in [0.15, 0.2) is 0 Å². The van der Waals surface area contributed by atoms with Crippen LogP contribution in [0.2, 0.25) is 0 Å². The highest BCUT2D eigenvalue weighted by Gasteiger charge is 2.66. The Kier molecular flexibility index (Phi) is 1.75. The fourth-order valence-corrected chi connectivity index (χ4v) is 4.38. The lowest BCUT2D eigenvalue weighted by Crippen LogP contribution is -2.08. The van der Waals surface area contributed by atoms with E-state index in [4.69, 9.17) is 23.2 Å². The van der Waals surface area contributed by atoms with Crippen LogP contribution in [-0.2, 0) is 0 Å². The second-order valence-corrected chi connectivity index (χ2v) is 5.87. The summed E-state index contributed by atoms with van der Waals surface area (Å²) < 4.78 is -0.384. The minimum atomic E-state index is -0.384. The van der Waals surface area contributed by atoms with Crippen LogP contribution >= 0.6 is 39.1 Å². The molecule has 2 rings (SSSR count). The molecule has 0 aromatic carbocycles. The van der Waals surface area contributed by atoms with E-state index in [0.717, 1.165) is 0 Å². The molecule has 2 saturated carbocycles. The van der Waals surface area contributed by atoms with Gasteiger partial charge in [0.05, 0.1) is 0 Å². The van der Waals surface area contributed by atoms with E-state index < -0.39 is 0 Å². The van der Waals surface area contributed by atoms with Crippen LogP contribution in [0.25, 0.3) is 0 Å². The van der Waals surface area contributed by atoms with Crippen molar-refractivity contribution < 1.29 is 0 Å². The van der Waals surface area contributed by atoms with E-state index in [1.165, 1.54) is 19.3 Å². The van der Waals surface area contributed by atoms with Crippen molar-refractivity contribution >= 4 is 39.1 Å². The molecule has 0 aliphatic heterocycles. The van der Waals surface area contributed by atoms with Crippen molar-refractivity contribution in [2.45, 2.75) is 28.4 Å². The molecule has 2 fully saturated rings. The summed E-state index contributed by atoms with van der Waals surface area (Å²) >= 11 is 15.7. The molecule has 0 aromatic heterocycles. The van der Waals surface area contributed by atoms with Crippen LogP contribution in [-0.4, -0.2) is 9.16 Å².